The van der Waals surface area contributed by atoms with Crippen LogP contribution in [0.4, 0.5) is 0 Å². The second-order valence-electron chi connectivity index (χ2n) is 3.75. The number of aromatic nitrogens is 1. The molecule has 0 saturated heterocycles. The molecule has 1 heterocycles. The van der Waals surface area contributed by atoms with Crippen molar-refractivity contribution in [2.45, 2.75) is 39.8 Å². The van der Waals surface area contributed by atoms with Gasteiger partial charge in [-0.1, -0.05) is 6.92 Å². The number of pyridine rings is 1. The molecule has 0 aliphatic heterocycles. The molecule has 0 aliphatic carbocycles. The summed E-state index contributed by atoms with van der Waals surface area (Å²) < 4.78 is 2.09. The average molecular weight is 194 g/mol. The number of aryl methyl sites for hydroxylation is 2. The van der Waals surface area contributed by atoms with E-state index in [-0.39, 0.29) is 11.5 Å². The van der Waals surface area contributed by atoms with Gasteiger partial charge in [-0.05, 0) is 20.3 Å². The van der Waals surface area contributed by atoms with Crippen LogP contribution in [0.25, 0.3) is 0 Å². The van der Waals surface area contributed by atoms with E-state index >= 15 is 0 Å². The molecule has 0 aromatic carbocycles. The van der Waals surface area contributed by atoms with Crippen LogP contribution in [0.3, 0.4) is 0 Å². The van der Waals surface area contributed by atoms with Crippen LogP contribution in [0.1, 0.15) is 24.7 Å². The minimum absolute atomic E-state index is 0.0707. The van der Waals surface area contributed by atoms with Gasteiger partial charge in [0.2, 0.25) is 0 Å². The van der Waals surface area contributed by atoms with Gasteiger partial charge in [-0.2, -0.15) is 0 Å². The molecule has 78 valence electrons. The second kappa shape index (κ2) is 4.42. The van der Waals surface area contributed by atoms with E-state index in [0.717, 1.165) is 24.4 Å². The number of hydrogen-bond acceptors (Lipinski definition) is 2. The number of nitrogens with two attached hydrogens (primary N) is 1. The predicted octanol–water partition coefficient (Wildman–Crippen LogP) is 1.20. The summed E-state index contributed by atoms with van der Waals surface area (Å²) in [4.78, 5) is 11.2. The maximum absolute atomic E-state index is 11.2. The van der Waals surface area contributed by atoms with Gasteiger partial charge in [-0.25, -0.2) is 0 Å². The van der Waals surface area contributed by atoms with Gasteiger partial charge in [0.15, 0.2) is 5.43 Å². The highest BCUT2D eigenvalue weighted by Gasteiger charge is 2.05. The molecule has 1 aromatic heterocycles. The van der Waals surface area contributed by atoms with Gasteiger partial charge in [0, 0.05) is 36.1 Å². The van der Waals surface area contributed by atoms with Crippen LogP contribution in [0.15, 0.2) is 16.9 Å². The van der Waals surface area contributed by atoms with Crippen molar-refractivity contribution in [2.75, 3.05) is 0 Å². The van der Waals surface area contributed by atoms with Crippen molar-refractivity contribution in [1.82, 2.24) is 4.57 Å². The zero-order valence-corrected chi connectivity index (χ0v) is 9.08. The fourth-order valence-corrected chi connectivity index (χ4v) is 1.54. The SMILES string of the molecule is CCC(N)Cn1c(C)cc(=O)cc1C. The lowest BCUT2D eigenvalue weighted by molar-refractivity contribution is 0.520. The van der Waals surface area contributed by atoms with E-state index < -0.39 is 0 Å². The summed E-state index contributed by atoms with van der Waals surface area (Å²) in [6.45, 7) is 6.74. The van der Waals surface area contributed by atoms with Crippen LogP contribution < -0.4 is 11.2 Å². The molecule has 0 spiro atoms. The highest BCUT2D eigenvalue weighted by atomic mass is 16.1. The summed E-state index contributed by atoms with van der Waals surface area (Å²) in [6, 6.07) is 3.46. The summed E-state index contributed by atoms with van der Waals surface area (Å²) in [7, 11) is 0. The van der Waals surface area contributed by atoms with Gasteiger partial charge in [0.1, 0.15) is 0 Å². The van der Waals surface area contributed by atoms with Crippen molar-refractivity contribution < 1.29 is 0 Å². The van der Waals surface area contributed by atoms with E-state index in [1.807, 2.05) is 13.8 Å². The van der Waals surface area contributed by atoms with Crippen molar-refractivity contribution >= 4 is 0 Å². The van der Waals surface area contributed by atoms with Crippen molar-refractivity contribution in [3.8, 4) is 0 Å². The van der Waals surface area contributed by atoms with Gasteiger partial charge in [-0.15, -0.1) is 0 Å². The topological polar surface area (TPSA) is 48.0 Å². The first-order chi connectivity index (χ1) is 6.54. The van der Waals surface area contributed by atoms with Crippen LogP contribution >= 0.6 is 0 Å². The van der Waals surface area contributed by atoms with Gasteiger partial charge in [0.25, 0.3) is 0 Å². The lowest BCUT2D eigenvalue weighted by Crippen LogP contribution is -2.28. The summed E-state index contributed by atoms with van der Waals surface area (Å²) in [5, 5.41) is 0. The molecule has 0 amide bonds. The van der Waals surface area contributed by atoms with Crippen LogP contribution in [-0.4, -0.2) is 10.6 Å². The number of hydrogen-bond donors (Lipinski definition) is 1. The molecule has 14 heavy (non-hydrogen) atoms. The van der Waals surface area contributed by atoms with Gasteiger partial charge in [-0.3, -0.25) is 4.79 Å². The lowest BCUT2D eigenvalue weighted by Gasteiger charge is -2.17. The van der Waals surface area contributed by atoms with Crippen molar-refractivity contribution in [1.29, 1.82) is 0 Å². The van der Waals surface area contributed by atoms with E-state index in [1.54, 1.807) is 12.1 Å². The quantitative estimate of drug-likeness (QED) is 0.786. The van der Waals surface area contributed by atoms with Crippen LogP contribution in [-0.2, 0) is 6.54 Å². The van der Waals surface area contributed by atoms with Crippen LogP contribution in [0.5, 0.6) is 0 Å². The maximum Gasteiger partial charge on any atom is 0.182 e. The fraction of sp³-hybridized carbons (Fsp3) is 0.545. The summed E-state index contributed by atoms with van der Waals surface area (Å²) in [6.07, 6.45) is 0.949. The Morgan fingerprint density at radius 2 is 1.86 bits per heavy atom. The monoisotopic (exact) mass is 194 g/mol. The zero-order chi connectivity index (χ0) is 10.7. The molecule has 1 aromatic rings. The Bertz CT molecular complexity index is 342. The molecular formula is C11H18N2O. The molecule has 3 heteroatoms. The van der Waals surface area contributed by atoms with Crippen molar-refractivity contribution in [3.63, 3.8) is 0 Å². The summed E-state index contributed by atoms with van der Waals surface area (Å²) in [5.41, 5.74) is 7.92. The lowest BCUT2D eigenvalue weighted by atomic mass is 10.2. The highest BCUT2D eigenvalue weighted by Crippen LogP contribution is 2.03. The molecular weight excluding hydrogens is 176 g/mol. The molecule has 0 radical (unpaired) electrons. The normalized spacial score (nSPS) is 12.9. The van der Waals surface area contributed by atoms with E-state index in [9.17, 15) is 4.79 Å². The van der Waals surface area contributed by atoms with Gasteiger partial charge in [0.05, 0.1) is 0 Å². The molecule has 0 bridgehead atoms. The maximum atomic E-state index is 11.2. The van der Waals surface area contributed by atoms with Crippen LogP contribution in [0, 0.1) is 13.8 Å². The predicted molar refractivity (Wildman–Crippen MR) is 58.4 cm³/mol. The molecule has 3 nitrogen and oxygen atoms in total. The summed E-state index contributed by atoms with van der Waals surface area (Å²) >= 11 is 0. The molecule has 1 unspecified atom stereocenters. The minimum Gasteiger partial charge on any atom is -0.347 e. The Morgan fingerprint density at radius 3 is 2.29 bits per heavy atom. The Hall–Kier alpha value is -1.09. The van der Waals surface area contributed by atoms with E-state index in [2.05, 4.69) is 11.5 Å². The molecule has 0 fully saturated rings. The molecule has 2 N–H and O–H groups in total. The van der Waals surface area contributed by atoms with Gasteiger partial charge >= 0.3 is 0 Å². The minimum atomic E-state index is 0.0707. The zero-order valence-electron chi connectivity index (χ0n) is 9.08. The first-order valence-corrected chi connectivity index (χ1v) is 4.98. The number of nitrogens with zero attached hydrogens (tertiary/aromatic N) is 1. The molecule has 1 atom stereocenters. The first-order valence-electron chi connectivity index (χ1n) is 4.98. The van der Waals surface area contributed by atoms with E-state index in [1.165, 1.54) is 0 Å². The Labute approximate surface area is 84.6 Å². The first kappa shape index (κ1) is 11.0. The van der Waals surface area contributed by atoms with E-state index in [4.69, 9.17) is 5.73 Å². The third-order valence-electron chi connectivity index (χ3n) is 2.50. The second-order valence-corrected chi connectivity index (χ2v) is 3.75. The Morgan fingerprint density at radius 1 is 1.36 bits per heavy atom. The van der Waals surface area contributed by atoms with Crippen LogP contribution in [0.2, 0.25) is 0 Å². The third kappa shape index (κ3) is 2.45. The molecule has 0 saturated carbocycles. The average Bonchev–Trinajstić information content (AvgIpc) is 2.10. The smallest absolute Gasteiger partial charge is 0.182 e. The fourth-order valence-electron chi connectivity index (χ4n) is 1.54. The highest BCUT2D eigenvalue weighted by molar-refractivity contribution is 5.12. The summed E-state index contributed by atoms with van der Waals surface area (Å²) in [5.74, 6) is 0. The third-order valence-corrected chi connectivity index (χ3v) is 2.50. The number of rotatable bonds is 3. The largest absolute Gasteiger partial charge is 0.347 e. The van der Waals surface area contributed by atoms with Gasteiger partial charge < -0.3 is 10.3 Å². The Balaban J connectivity index is 3.02. The molecule has 0 aliphatic rings. The van der Waals surface area contributed by atoms with E-state index in [0.29, 0.717) is 0 Å². The molecule has 1 rings (SSSR count). The Kier molecular flexibility index (Phi) is 3.47. The standard InChI is InChI=1S/C11H18N2O/c1-4-10(12)7-13-8(2)5-11(14)6-9(13)3/h5-6,10H,4,7,12H2,1-3H3. The van der Waals surface area contributed by atoms with Crippen molar-refractivity contribution in [3.05, 3.63) is 33.7 Å². The van der Waals surface area contributed by atoms with Crippen molar-refractivity contribution in [2.24, 2.45) is 5.73 Å².